The number of nitrogens with zero attached hydrogens (tertiary/aromatic N) is 1. The molecule has 1 amide bonds. The number of carboxylic acids is 2. The first-order valence-corrected chi connectivity index (χ1v) is 7.91. The Balaban J connectivity index is 2.35. The molecule has 1 heterocycles. The fraction of sp³-hybridized carbons (Fsp3) is 0.471. The number of aromatic carboxylic acids is 1. The van der Waals surface area contributed by atoms with Crippen LogP contribution in [0.5, 0.6) is 0 Å². The van der Waals surface area contributed by atoms with Crippen LogP contribution in [0.4, 0.5) is 5.69 Å². The highest BCUT2D eigenvalue weighted by molar-refractivity contribution is 5.92. The second-order valence-electron chi connectivity index (χ2n) is 6.41. The maximum Gasteiger partial charge on any atom is 0.335 e. The number of aliphatic carboxylic acids is 1. The van der Waals surface area contributed by atoms with E-state index < -0.39 is 18.0 Å². The lowest BCUT2D eigenvalue weighted by atomic mass is 10.1. The summed E-state index contributed by atoms with van der Waals surface area (Å²) in [5, 5.41) is 21.1. The maximum atomic E-state index is 12.7. The summed E-state index contributed by atoms with van der Waals surface area (Å²) < 4.78 is 0. The second kappa shape index (κ2) is 7.33. The maximum absolute atomic E-state index is 12.7. The van der Waals surface area contributed by atoms with Gasteiger partial charge in [0.2, 0.25) is 5.91 Å². The molecule has 0 saturated heterocycles. The predicted molar refractivity (Wildman–Crippen MR) is 87.9 cm³/mol. The molecule has 0 radical (unpaired) electrons. The molecular formula is C17H22N2O5. The van der Waals surface area contributed by atoms with Crippen molar-refractivity contribution in [2.75, 3.05) is 11.9 Å². The normalized spacial score (nSPS) is 17.2. The van der Waals surface area contributed by atoms with E-state index in [4.69, 9.17) is 10.2 Å². The van der Waals surface area contributed by atoms with Crippen LogP contribution in [-0.2, 0) is 16.1 Å². The molecular weight excluding hydrogens is 312 g/mol. The molecule has 24 heavy (non-hydrogen) atoms. The molecule has 0 unspecified atom stereocenters. The van der Waals surface area contributed by atoms with Gasteiger partial charge >= 0.3 is 11.9 Å². The third kappa shape index (κ3) is 4.24. The highest BCUT2D eigenvalue weighted by Crippen LogP contribution is 2.26. The summed E-state index contributed by atoms with van der Waals surface area (Å²) in [4.78, 5) is 36.5. The molecule has 1 aromatic carbocycles. The zero-order valence-electron chi connectivity index (χ0n) is 13.8. The molecule has 0 saturated carbocycles. The number of amides is 1. The van der Waals surface area contributed by atoms with Crippen LogP contribution in [0.3, 0.4) is 0 Å². The van der Waals surface area contributed by atoms with Crippen LogP contribution < -0.4 is 5.32 Å². The summed E-state index contributed by atoms with van der Waals surface area (Å²) in [5.74, 6) is -2.00. The quantitative estimate of drug-likeness (QED) is 0.735. The molecule has 1 atom stereocenters. The lowest BCUT2D eigenvalue weighted by Crippen LogP contribution is -2.42. The SMILES string of the molecule is CC(C)CCN1Cc2ccc(C(=O)O)cc2N[C@H](CC(=O)O)C1=O. The molecule has 1 aliphatic heterocycles. The minimum absolute atomic E-state index is 0.0957. The Morgan fingerprint density at radius 1 is 1.33 bits per heavy atom. The van der Waals surface area contributed by atoms with E-state index in [0.717, 1.165) is 12.0 Å². The van der Waals surface area contributed by atoms with E-state index in [1.807, 2.05) is 0 Å². The van der Waals surface area contributed by atoms with Crippen molar-refractivity contribution in [2.24, 2.45) is 5.92 Å². The first kappa shape index (κ1) is 17.8. The number of benzene rings is 1. The van der Waals surface area contributed by atoms with Gasteiger partial charge in [0.05, 0.1) is 12.0 Å². The van der Waals surface area contributed by atoms with Gasteiger partial charge in [0.1, 0.15) is 6.04 Å². The van der Waals surface area contributed by atoms with Gasteiger partial charge in [-0.15, -0.1) is 0 Å². The molecule has 130 valence electrons. The molecule has 3 N–H and O–H groups in total. The highest BCUT2D eigenvalue weighted by atomic mass is 16.4. The lowest BCUT2D eigenvalue weighted by molar-refractivity contribution is -0.141. The fourth-order valence-corrected chi connectivity index (χ4v) is 2.65. The molecule has 2 rings (SSSR count). The van der Waals surface area contributed by atoms with Crippen LogP contribution in [-0.4, -0.2) is 45.5 Å². The van der Waals surface area contributed by atoms with Gasteiger partial charge in [-0.05, 0) is 30.0 Å². The van der Waals surface area contributed by atoms with Crippen LogP contribution in [0.1, 0.15) is 42.6 Å². The molecule has 0 bridgehead atoms. The first-order chi connectivity index (χ1) is 11.3. The molecule has 7 nitrogen and oxygen atoms in total. The first-order valence-electron chi connectivity index (χ1n) is 7.91. The molecule has 0 aromatic heterocycles. The van der Waals surface area contributed by atoms with Crippen LogP contribution in [0.2, 0.25) is 0 Å². The number of carboxylic acid groups (broad SMARTS) is 2. The third-order valence-corrected chi connectivity index (χ3v) is 4.01. The highest BCUT2D eigenvalue weighted by Gasteiger charge is 2.31. The number of fused-ring (bicyclic) bond motifs is 1. The Hall–Kier alpha value is -2.57. The van der Waals surface area contributed by atoms with Gasteiger partial charge in [-0.2, -0.15) is 0 Å². The average molecular weight is 334 g/mol. The predicted octanol–water partition coefficient (Wildman–Crippen LogP) is 2.03. The second-order valence-corrected chi connectivity index (χ2v) is 6.41. The molecule has 0 spiro atoms. The summed E-state index contributed by atoms with van der Waals surface area (Å²) >= 11 is 0. The van der Waals surface area contributed by atoms with Crippen molar-refractivity contribution in [3.8, 4) is 0 Å². The fourth-order valence-electron chi connectivity index (χ4n) is 2.65. The number of hydrogen-bond acceptors (Lipinski definition) is 4. The van der Waals surface area contributed by atoms with Crippen LogP contribution in [0, 0.1) is 5.92 Å². The van der Waals surface area contributed by atoms with Gasteiger partial charge in [0, 0.05) is 18.8 Å². The molecule has 1 aromatic rings. The topological polar surface area (TPSA) is 107 Å². The molecule has 1 aliphatic rings. The summed E-state index contributed by atoms with van der Waals surface area (Å²) in [6.45, 7) is 4.99. The van der Waals surface area contributed by atoms with E-state index in [-0.39, 0.29) is 17.9 Å². The minimum atomic E-state index is -1.08. The number of anilines is 1. The standard InChI is InChI=1S/C17H22N2O5/c1-10(2)5-6-19-9-12-4-3-11(17(23)24)7-13(12)18-14(16(19)22)8-15(20)21/h3-4,7,10,14,18H,5-6,8-9H2,1-2H3,(H,20,21)(H,23,24)/t14-/m1/s1. The van der Waals surface area contributed by atoms with Crippen molar-refractivity contribution < 1.29 is 24.6 Å². The molecule has 0 aliphatic carbocycles. The van der Waals surface area contributed by atoms with E-state index in [1.54, 1.807) is 11.0 Å². The van der Waals surface area contributed by atoms with Crippen LogP contribution >= 0.6 is 0 Å². The van der Waals surface area contributed by atoms with Crippen molar-refractivity contribution in [3.63, 3.8) is 0 Å². The average Bonchev–Trinajstić information content (AvgIpc) is 2.61. The van der Waals surface area contributed by atoms with Crippen LogP contribution in [0.25, 0.3) is 0 Å². The van der Waals surface area contributed by atoms with E-state index >= 15 is 0 Å². The largest absolute Gasteiger partial charge is 0.481 e. The van der Waals surface area contributed by atoms with Crippen molar-refractivity contribution in [3.05, 3.63) is 29.3 Å². The van der Waals surface area contributed by atoms with E-state index in [1.165, 1.54) is 12.1 Å². The number of rotatable bonds is 6. The van der Waals surface area contributed by atoms with Gasteiger partial charge in [-0.25, -0.2) is 4.79 Å². The van der Waals surface area contributed by atoms with Crippen molar-refractivity contribution in [1.82, 2.24) is 4.90 Å². The van der Waals surface area contributed by atoms with E-state index in [2.05, 4.69) is 19.2 Å². The van der Waals surface area contributed by atoms with Gasteiger partial charge in [-0.3, -0.25) is 9.59 Å². The number of carbonyl (C=O) groups is 3. The van der Waals surface area contributed by atoms with E-state index in [0.29, 0.717) is 24.7 Å². The lowest BCUT2D eigenvalue weighted by Gasteiger charge is -2.24. The zero-order valence-corrected chi connectivity index (χ0v) is 13.8. The summed E-state index contributed by atoms with van der Waals surface area (Å²) in [6.07, 6.45) is 0.460. The molecule has 7 heteroatoms. The van der Waals surface area contributed by atoms with E-state index in [9.17, 15) is 14.4 Å². The minimum Gasteiger partial charge on any atom is -0.481 e. The summed E-state index contributed by atoms with van der Waals surface area (Å²) in [5.41, 5.74) is 1.38. The number of hydrogen-bond donors (Lipinski definition) is 3. The monoisotopic (exact) mass is 334 g/mol. The third-order valence-electron chi connectivity index (χ3n) is 4.01. The Labute approximate surface area is 140 Å². The van der Waals surface area contributed by atoms with Gasteiger partial charge in [0.15, 0.2) is 0 Å². The van der Waals surface area contributed by atoms with Crippen molar-refractivity contribution in [2.45, 2.75) is 39.3 Å². The Morgan fingerprint density at radius 3 is 2.62 bits per heavy atom. The van der Waals surface area contributed by atoms with Gasteiger partial charge in [0.25, 0.3) is 0 Å². The smallest absolute Gasteiger partial charge is 0.335 e. The van der Waals surface area contributed by atoms with Gasteiger partial charge in [-0.1, -0.05) is 19.9 Å². The Bertz CT molecular complexity index is 656. The summed E-state index contributed by atoms with van der Waals surface area (Å²) in [6, 6.07) is 3.71. The number of nitrogens with one attached hydrogen (secondary N) is 1. The van der Waals surface area contributed by atoms with Crippen molar-refractivity contribution in [1.29, 1.82) is 0 Å². The molecule has 0 fully saturated rings. The number of carbonyl (C=O) groups excluding carboxylic acids is 1. The van der Waals surface area contributed by atoms with Crippen LogP contribution in [0.15, 0.2) is 18.2 Å². The Morgan fingerprint density at radius 2 is 2.04 bits per heavy atom. The zero-order chi connectivity index (χ0) is 17.9. The summed E-state index contributed by atoms with van der Waals surface area (Å²) in [7, 11) is 0. The van der Waals surface area contributed by atoms with Gasteiger partial charge < -0.3 is 20.4 Å². The van der Waals surface area contributed by atoms with Crippen molar-refractivity contribution >= 4 is 23.5 Å². The Kier molecular flexibility index (Phi) is 5.43.